The number of ether oxygens (including phenoxy) is 1. The summed E-state index contributed by atoms with van der Waals surface area (Å²) in [7, 11) is 1.67. The predicted octanol–water partition coefficient (Wildman–Crippen LogP) is 8.60. The number of hydrogen-bond donors (Lipinski definition) is 1. The molecule has 0 bridgehead atoms. The van der Waals surface area contributed by atoms with E-state index in [2.05, 4.69) is 83.0 Å². The zero-order valence-electron chi connectivity index (χ0n) is 19.2. The van der Waals surface area contributed by atoms with Crippen molar-refractivity contribution in [1.82, 2.24) is 0 Å². The zero-order valence-corrected chi connectivity index (χ0v) is 19.2. The highest BCUT2D eigenvalue weighted by atomic mass is 16.5. The molecule has 0 radical (unpaired) electrons. The van der Waals surface area contributed by atoms with Crippen molar-refractivity contribution in [3.05, 3.63) is 146 Å². The molecular formula is C31H28N2O. The van der Waals surface area contributed by atoms with Crippen LogP contribution in [0.3, 0.4) is 0 Å². The summed E-state index contributed by atoms with van der Waals surface area (Å²) in [5.41, 5.74) is 5.60. The number of hydrogen-bond acceptors (Lipinski definition) is 3. The Morgan fingerprint density at radius 2 is 0.882 bits per heavy atom. The number of benzene rings is 5. The van der Waals surface area contributed by atoms with E-state index in [0.29, 0.717) is 0 Å². The van der Waals surface area contributed by atoms with Gasteiger partial charge in [0.2, 0.25) is 0 Å². The average molecular weight is 445 g/mol. The minimum absolute atomic E-state index is 0.857. The molecule has 0 heterocycles. The molecule has 0 atom stereocenters. The number of nitrogens with zero attached hydrogens (tertiary/aromatic N) is 1. The predicted molar refractivity (Wildman–Crippen MR) is 144 cm³/mol. The monoisotopic (exact) mass is 444 g/mol. The zero-order chi connectivity index (χ0) is 23.4. The topological polar surface area (TPSA) is 24.5 Å². The summed E-state index contributed by atoms with van der Waals surface area (Å²) in [6, 6.07) is 49.2. The Bertz CT molecular complexity index is 1150. The van der Waals surface area contributed by atoms with Crippen molar-refractivity contribution in [2.45, 2.75) is 0 Å². The van der Waals surface area contributed by atoms with E-state index in [1.165, 1.54) is 17.1 Å². The third-order valence-corrected chi connectivity index (χ3v) is 5.18. The molecule has 0 aromatic heterocycles. The maximum atomic E-state index is 5.15. The van der Waals surface area contributed by atoms with Crippen LogP contribution in [0.2, 0.25) is 0 Å². The highest BCUT2D eigenvalue weighted by molar-refractivity contribution is 5.76. The normalized spacial score (nSPS) is 9.91. The standard InChI is InChI=1S/C18H15N.C13H13NO/c1-4-10-16(11-5-1)19(17-12-6-2-7-13-17)18-14-8-3-9-15-18;1-15-13-9-5-8-12(10-13)14-11-6-3-2-4-7-11/h1-15H;2-10,14H,1H3. The number of rotatable bonds is 6. The van der Waals surface area contributed by atoms with Gasteiger partial charge in [-0.2, -0.15) is 0 Å². The maximum Gasteiger partial charge on any atom is 0.120 e. The van der Waals surface area contributed by atoms with Gasteiger partial charge in [-0.05, 0) is 60.7 Å². The van der Waals surface area contributed by atoms with Crippen LogP contribution in [0, 0.1) is 0 Å². The molecular weight excluding hydrogens is 416 g/mol. The lowest BCUT2D eigenvalue weighted by atomic mass is 10.2. The molecule has 3 heteroatoms. The first kappa shape index (κ1) is 22.7. The van der Waals surface area contributed by atoms with Gasteiger partial charge in [0.15, 0.2) is 0 Å². The largest absolute Gasteiger partial charge is 0.497 e. The van der Waals surface area contributed by atoms with Crippen LogP contribution in [0.4, 0.5) is 28.4 Å². The summed E-state index contributed by atoms with van der Waals surface area (Å²) in [6.07, 6.45) is 0. The molecule has 1 N–H and O–H groups in total. The first-order chi connectivity index (χ1) is 16.8. The van der Waals surface area contributed by atoms with Gasteiger partial charge in [0.05, 0.1) is 7.11 Å². The highest BCUT2D eigenvalue weighted by Crippen LogP contribution is 2.33. The minimum atomic E-state index is 0.857. The summed E-state index contributed by atoms with van der Waals surface area (Å²) in [5.74, 6) is 0.857. The fourth-order valence-corrected chi connectivity index (χ4v) is 3.57. The van der Waals surface area contributed by atoms with Crippen LogP contribution in [0.25, 0.3) is 0 Å². The second kappa shape index (κ2) is 11.9. The number of para-hydroxylation sites is 4. The van der Waals surface area contributed by atoms with Gasteiger partial charge in [-0.1, -0.05) is 78.9 Å². The molecule has 0 aliphatic rings. The summed E-state index contributed by atoms with van der Waals surface area (Å²) < 4.78 is 5.15. The third-order valence-electron chi connectivity index (χ3n) is 5.18. The minimum Gasteiger partial charge on any atom is -0.497 e. The van der Waals surface area contributed by atoms with E-state index in [9.17, 15) is 0 Å². The molecule has 168 valence electrons. The Morgan fingerprint density at radius 3 is 1.32 bits per heavy atom. The second-order valence-corrected chi connectivity index (χ2v) is 7.57. The van der Waals surface area contributed by atoms with Gasteiger partial charge in [0.1, 0.15) is 5.75 Å². The van der Waals surface area contributed by atoms with E-state index in [-0.39, 0.29) is 0 Å². The molecule has 0 fully saturated rings. The molecule has 0 spiro atoms. The molecule has 5 rings (SSSR count). The molecule has 34 heavy (non-hydrogen) atoms. The first-order valence-corrected chi connectivity index (χ1v) is 11.2. The number of anilines is 5. The maximum absolute atomic E-state index is 5.15. The second-order valence-electron chi connectivity index (χ2n) is 7.57. The van der Waals surface area contributed by atoms with Gasteiger partial charge in [0, 0.05) is 34.5 Å². The van der Waals surface area contributed by atoms with Gasteiger partial charge in [0.25, 0.3) is 0 Å². The molecule has 5 aromatic rings. The van der Waals surface area contributed by atoms with Crippen molar-refractivity contribution in [2.24, 2.45) is 0 Å². The average Bonchev–Trinajstić information content (AvgIpc) is 2.92. The van der Waals surface area contributed by atoms with Crippen LogP contribution in [0.15, 0.2) is 146 Å². The van der Waals surface area contributed by atoms with Gasteiger partial charge in [-0.15, -0.1) is 0 Å². The Balaban J connectivity index is 0.000000166. The molecule has 0 amide bonds. The van der Waals surface area contributed by atoms with Gasteiger partial charge in [-0.3, -0.25) is 0 Å². The molecule has 5 aromatic carbocycles. The first-order valence-electron chi connectivity index (χ1n) is 11.2. The fraction of sp³-hybridized carbons (Fsp3) is 0.0323. The van der Waals surface area contributed by atoms with E-state index in [1.807, 2.05) is 72.8 Å². The molecule has 3 nitrogen and oxygen atoms in total. The number of methoxy groups -OCH3 is 1. The lowest BCUT2D eigenvalue weighted by Gasteiger charge is -2.25. The van der Waals surface area contributed by atoms with Gasteiger partial charge in [-0.25, -0.2) is 0 Å². The van der Waals surface area contributed by atoms with Crippen LogP contribution in [0.5, 0.6) is 5.75 Å². The highest BCUT2D eigenvalue weighted by Gasteiger charge is 2.10. The third kappa shape index (κ3) is 6.27. The van der Waals surface area contributed by atoms with Crippen LogP contribution < -0.4 is 15.0 Å². The van der Waals surface area contributed by atoms with E-state index < -0.39 is 0 Å². The Hall–Kier alpha value is -4.50. The fourth-order valence-electron chi connectivity index (χ4n) is 3.57. The summed E-state index contributed by atoms with van der Waals surface area (Å²) >= 11 is 0. The van der Waals surface area contributed by atoms with Crippen LogP contribution in [0.1, 0.15) is 0 Å². The summed E-state index contributed by atoms with van der Waals surface area (Å²) in [6.45, 7) is 0. The molecule has 0 unspecified atom stereocenters. The van der Waals surface area contributed by atoms with Crippen molar-refractivity contribution in [2.75, 3.05) is 17.3 Å². The van der Waals surface area contributed by atoms with E-state index in [4.69, 9.17) is 4.74 Å². The Labute approximate surface area is 201 Å². The lowest BCUT2D eigenvalue weighted by Crippen LogP contribution is -2.09. The van der Waals surface area contributed by atoms with E-state index in [1.54, 1.807) is 7.11 Å². The van der Waals surface area contributed by atoms with Crippen LogP contribution in [-0.4, -0.2) is 7.11 Å². The van der Waals surface area contributed by atoms with Gasteiger partial charge < -0.3 is 15.0 Å². The van der Waals surface area contributed by atoms with Crippen molar-refractivity contribution in [1.29, 1.82) is 0 Å². The van der Waals surface area contributed by atoms with Crippen LogP contribution in [-0.2, 0) is 0 Å². The summed E-state index contributed by atoms with van der Waals surface area (Å²) in [4.78, 5) is 2.25. The van der Waals surface area contributed by atoms with Crippen molar-refractivity contribution in [3.63, 3.8) is 0 Å². The summed E-state index contributed by atoms with van der Waals surface area (Å²) in [5, 5.41) is 3.30. The SMILES string of the molecule is COc1cccc(Nc2ccccc2)c1.c1ccc(N(c2ccccc2)c2ccccc2)cc1. The number of nitrogens with one attached hydrogen (secondary N) is 1. The lowest BCUT2D eigenvalue weighted by molar-refractivity contribution is 0.415. The Kier molecular flexibility index (Phi) is 7.96. The van der Waals surface area contributed by atoms with E-state index in [0.717, 1.165) is 17.1 Å². The van der Waals surface area contributed by atoms with Crippen molar-refractivity contribution in [3.8, 4) is 5.75 Å². The van der Waals surface area contributed by atoms with Crippen molar-refractivity contribution >= 4 is 28.4 Å². The van der Waals surface area contributed by atoms with Crippen LogP contribution >= 0.6 is 0 Å². The molecule has 0 aliphatic heterocycles. The Morgan fingerprint density at radius 1 is 0.471 bits per heavy atom. The molecule has 0 saturated heterocycles. The quantitative estimate of drug-likeness (QED) is 0.284. The molecule has 0 aliphatic carbocycles. The van der Waals surface area contributed by atoms with Crippen molar-refractivity contribution < 1.29 is 4.74 Å². The smallest absolute Gasteiger partial charge is 0.120 e. The molecule has 0 saturated carbocycles. The van der Waals surface area contributed by atoms with E-state index >= 15 is 0 Å². The van der Waals surface area contributed by atoms with Gasteiger partial charge >= 0.3 is 0 Å².